The molecule has 0 bridgehead atoms. The van der Waals surface area contributed by atoms with Crippen molar-refractivity contribution < 1.29 is 22.7 Å². The van der Waals surface area contributed by atoms with E-state index in [9.17, 15) is 18.0 Å². The Morgan fingerprint density at radius 1 is 1.19 bits per heavy atom. The van der Waals surface area contributed by atoms with Crippen LogP contribution in [0.2, 0.25) is 0 Å². The largest absolute Gasteiger partial charge is 0.487 e. The van der Waals surface area contributed by atoms with Gasteiger partial charge in [-0.1, -0.05) is 32.0 Å². The standard InChI is InChI=1S/C24H24F3N3O2/c1-3-23(4-2)13-20(18-9-8-16(24(25,26)27)12-21(18)32-23)30-22(31)29-19-7-5-6-15-14-28-11-10-17(15)19/h5-12,14,20H,3-4,13H2,1-2H3,(H2,29,30,31)/t20-/m1/s1. The number of alkyl halides is 3. The Bertz CT molecular complexity index is 1140. The lowest BCUT2D eigenvalue weighted by molar-refractivity contribution is -0.137. The molecule has 2 aromatic carbocycles. The van der Waals surface area contributed by atoms with Gasteiger partial charge < -0.3 is 15.4 Å². The van der Waals surface area contributed by atoms with Crippen molar-refractivity contribution in [3.63, 3.8) is 0 Å². The van der Waals surface area contributed by atoms with E-state index < -0.39 is 29.4 Å². The van der Waals surface area contributed by atoms with E-state index in [2.05, 4.69) is 15.6 Å². The average molecular weight is 443 g/mol. The van der Waals surface area contributed by atoms with E-state index in [1.807, 2.05) is 32.0 Å². The van der Waals surface area contributed by atoms with Crippen molar-refractivity contribution >= 4 is 22.5 Å². The maximum absolute atomic E-state index is 13.3. The minimum Gasteiger partial charge on any atom is -0.487 e. The molecule has 0 aliphatic carbocycles. The number of anilines is 1. The second kappa shape index (κ2) is 8.33. The lowest BCUT2D eigenvalue weighted by atomic mass is 9.83. The van der Waals surface area contributed by atoms with Crippen molar-refractivity contribution in [2.75, 3.05) is 5.32 Å². The predicted molar refractivity (Wildman–Crippen MR) is 117 cm³/mol. The first-order valence-electron chi connectivity index (χ1n) is 10.5. The average Bonchev–Trinajstić information content (AvgIpc) is 2.78. The number of nitrogens with one attached hydrogen (secondary N) is 2. The molecule has 1 aliphatic rings. The van der Waals surface area contributed by atoms with Gasteiger partial charge in [-0.3, -0.25) is 4.98 Å². The molecule has 0 saturated carbocycles. The zero-order valence-corrected chi connectivity index (χ0v) is 17.8. The van der Waals surface area contributed by atoms with Gasteiger partial charge in [0.1, 0.15) is 11.4 Å². The zero-order valence-electron chi connectivity index (χ0n) is 17.8. The van der Waals surface area contributed by atoms with Crippen molar-refractivity contribution in [3.05, 3.63) is 66.0 Å². The Balaban J connectivity index is 1.63. The molecule has 0 unspecified atom stereocenters. The summed E-state index contributed by atoms with van der Waals surface area (Å²) in [6.07, 6.45) is 0.563. The molecular weight excluding hydrogens is 419 g/mol. The van der Waals surface area contributed by atoms with Crippen LogP contribution in [0.5, 0.6) is 5.75 Å². The van der Waals surface area contributed by atoms with Gasteiger partial charge in [0.25, 0.3) is 0 Å². The number of hydrogen-bond acceptors (Lipinski definition) is 3. The van der Waals surface area contributed by atoms with E-state index in [1.54, 1.807) is 18.5 Å². The van der Waals surface area contributed by atoms with Crippen molar-refractivity contribution in [1.82, 2.24) is 10.3 Å². The summed E-state index contributed by atoms with van der Waals surface area (Å²) in [6, 6.07) is 9.84. The smallest absolute Gasteiger partial charge is 0.416 e. The number of nitrogens with zero attached hydrogens (tertiary/aromatic N) is 1. The highest BCUT2D eigenvalue weighted by Crippen LogP contribution is 2.45. The van der Waals surface area contributed by atoms with Crippen molar-refractivity contribution in [2.24, 2.45) is 0 Å². The summed E-state index contributed by atoms with van der Waals surface area (Å²) >= 11 is 0. The number of carbonyl (C=O) groups is 1. The number of carbonyl (C=O) groups excluding carboxylic acids is 1. The van der Waals surface area contributed by atoms with E-state index in [1.165, 1.54) is 6.07 Å². The highest BCUT2D eigenvalue weighted by Gasteiger charge is 2.41. The Labute approximate surface area is 184 Å². The van der Waals surface area contributed by atoms with Crippen LogP contribution in [0.25, 0.3) is 10.8 Å². The normalized spacial score (nSPS) is 17.3. The maximum atomic E-state index is 13.3. The number of hydrogen-bond donors (Lipinski definition) is 2. The number of aromatic nitrogens is 1. The van der Waals surface area contributed by atoms with Gasteiger partial charge in [-0.2, -0.15) is 13.2 Å². The molecule has 3 aromatic rings. The predicted octanol–water partition coefficient (Wildman–Crippen LogP) is 6.46. The zero-order chi connectivity index (χ0) is 22.9. The minimum atomic E-state index is -4.47. The number of amides is 2. The summed E-state index contributed by atoms with van der Waals surface area (Å²) in [5.74, 6) is 0.163. The Morgan fingerprint density at radius 2 is 1.97 bits per heavy atom. The quantitative estimate of drug-likeness (QED) is 0.487. The fourth-order valence-corrected chi connectivity index (χ4v) is 4.20. The molecular formula is C24H24F3N3O2. The van der Waals surface area contributed by atoms with Crippen LogP contribution in [-0.4, -0.2) is 16.6 Å². The first kappa shape index (κ1) is 21.9. The van der Waals surface area contributed by atoms with Crippen LogP contribution in [0.4, 0.5) is 23.7 Å². The molecule has 1 aromatic heterocycles. The number of fused-ring (bicyclic) bond motifs is 2. The van der Waals surface area contributed by atoms with Gasteiger partial charge in [0.05, 0.1) is 17.3 Å². The molecule has 2 amide bonds. The molecule has 0 radical (unpaired) electrons. The van der Waals surface area contributed by atoms with Gasteiger partial charge in [0.15, 0.2) is 0 Å². The summed E-state index contributed by atoms with van der Waals surface area (Å²) in [4.78, 5) is 17.0. The summed E-state index contributed by atoms with van der Waals surface area (Å²) < 4.78 is 45.8. The third-order valence-corrected chi connectivity index (χ3v) is 6.14. The first-order valence-corrected chi connectivity index (χ1v) is 10.5. The topological polar surface area (TPSA) is 63.2 Å². The van der Waals surface area contributed by atoms with Crippen molar-refractivity contribution in [3.8, 4) is 5.75 Å². The van der Waals surface area contributed by atoms with E-state index in [0.717, 1.165) is 22.9 Å². The Morgan fingerprint density at radius 3 is 2.69 bits per heavy atom. The summed E-state index contributed by atoms with van der Waals surface area (Å²) in [7, 11) is 0. The van der Waals surface area contributed by atoms with Crippen LogP contribution in [0.15, 0.2) is 54.9 Å². The van der Waals surface area contributed by atoms with Gasteiger partial charge >= 0.3 is 12.2 Å². The second-order valence-electron chi connectivity index (χ2n) is 8.00. The lowest BCUT2D eigenvalue weighted by Gasteiger charge is -2.42. The Kier molecular flexibility index (Phi) is 5.71. The van der Waals surface area contributed by atoms with Gasteiger partial charge in [-0.05, 0) is 37.1 Å². The van der Waals surface area contributed by atoms with Crippen molar-refractivity contribution in [1.29, 1.82) is 0 Å². The summed E-state index contributed by atoms with van der Waals surface area (Å²) in [5.41, 5.74) is -0.265. The van der Waals surface area contributed by atoms with E-state index in [4.69, 9.17) is 4.74 Å². The molecule has 1 atom stereocenters. The Hall–Kier alpha value is -3.29. The number of halogens is 3. The molecule has 5 nitrogen and oxygen atoms in total. The molecule has 0 saturated heterocycles. The summed E-state index contributed by atoms with van der Waals surface area (Å²) in [6.45, 7) is 3.87. The highest BCUT2D eigenvalue weighted by molar-refractivity contribution is 6.01. The van der Waals surface area contributed by atoms with Gasteiger partial charge in [-0.15, -0.1) is 0 Å². The van der Waals surface area contributed by atoms with Crippen LogP contribution in [-0.2, 0) is 6.18 Å². The SMILES string of the molecule is CCC1(CC)C[C@@H](NC(=O)Nc2cccc3cnccc23)c2ccc(C(F)(F)F)cc2O1. The molecule has 0 fully saturated rings. The molecule has 2 N–H and O–H groups in total. The monoisotopic (exact) mass is 443 g/mol. The number of pyridine rings is 1. The van der Waals surface area contributed by atoms with Crippen LogP contribution in [0.1, 0.15) is 50.3 Å². The van der Waals surface area contributed by atoms with Crippen LogP contribution < -0.4 is 15.4 Å². The number of rotatable bonds is 4. The fraction of sp³-hybridized carbons (Fsp3) is 0.333. The number of urea groups is 1. The first-order chi connectivity index (χ1) is 15.2. The number of ether oxygens (including phenoxy) is 1. The minimum absolute atomic E-state index is 0.163. The maximum Gasteiger partial charge on any atom is 0.416 e. The van der Waals surface area contributed by atoms with Gasteiger partial charge in [0.2, 0.25) is 0 Å². The van der Waals surface area contributed by atoms with E-state index in [0.29, 0.717) is 30.5 Å². The second-order valence-corrected chi connectivity index (χ2v) is 8.00. The lowest BCUT2D eigenvalue weighted by Crippen LogP contribution is -2.45. The fourth-order valence-electron chi connectivity index (χ4n) is 4.20. The van der Waals surface area contributed by atoms with Crippen LogP contribution >= 0.6 is 0 Å². The van der Waals surface area contributed by atoms with Gasteiger partial charge in [0, 0.05) is 35.2 Å². The van der Waals surface area contributed by atoms with E-state index >= 15 is 0 Å². The van der Waals surface area contributed by atoms with Crippen LogP contribution in [0.3, 0.4) is 0 Å². The molecule has 8 heteroatoms. The van der Waals surface area contributed by atoms with E-state index in [-0.39, 0.29) is 5.75 Å². The molecule has 32 heavy (non-hydrogen) atoms. The number of benzene rings is 2. The van der Waals surface area contributed by atoms with Gasteiger partial charge in [-0.25, -0.2) is 4.79 Å². The molecule has 2 heterocycles. The highest BCUT2D eigenvalue weighted by atomic mass is 19.4. The third kappa shape index (κ3) is 4.22. The van der Waals surface area contributed by atoms with Crippen molar-refractivity contribution in [2.45, 2.75) is 50.9 Å². The molecule has 1 aliphatic heterocycles. The van der Waals surface area contributed by atoms with Crippen LogP contribution in [0, 0.1) is 0 Å². The molecule has 168 valence electrons. The summed E-state index contributed by atoms with van der Waals surface area (Å²) in [5, 5.41) is 7.54. The molecule has 0 spiro atoms. The third-order valence-electron chi connectivity index (χ3n) is 6.14. The molecule has 4 rings (SSSR count).